The van der Waals surface area contributed by atoms with Crippen molar-refractivity contribution < 1.29 is 14.1 Å². The van der Waals surface area contributed by atoms with Gasteiger partial charge in [-0.25, -0.2) is 0 Å². The van der Waals surface area contributed by atoms with E-state index in [-0.39, 0.29) is 11.8 Å². The first-order chi connectivity index (χ1) is 13.9. The first-order valence-electron chi connectivity index (χ1n) is 9.49. The summed E-state index contributed by atoms with van der Waals surface area (Å²) in [6, 6.07) is 5.07. The van der Waals surface area contributed by atoms with Crippen molar-refractivity contribution >= 4 is 40.7 Å². The minimum Gasteiger partial charge on any atom is -0.340 e. The Morgan fingerprint density at radius 1 is 1.17 bits per heavy atom. The van der Waals surface area contributed by atoms with Crippen LogP contribution in [0.3, 0.4) is 0 Å². The van der Waals surface area contributed by atoms with Crippen LogP contribution in [0.1, 0.15) is 18.1 Å². The van der Waals surface area contributed by atoms with Gasteiger partial charge < -0.3 is 14.3 Å². The lowest BCUT2D eigenvalue weighted by atomic mass is 10.1. The third kappa shape index (κ3) is 4.24. The third-order valence-corrected chi connectivity index (χ3v) is 6.08. The van der Waals surface area contributed by atoms with Crippen molar-refractivity contribution in [2.45, 2.75) is 19.9 Å². The summed E-state index contributed by atoms with van der Waals surface area (Å²) in [5.41, 5.74) is 0.667. The van der Waals surface area contributed by atoms with Gasteiger partial charge in [0.25, 0.3) is 0 Å². The molecule has 1 aromatic heterocycles. The molecule has 2 saturated heterocycles. The zero-order valence-corrected chi connectivity index (χ0v) is 17.5. The van der Waals surface area contributed by atoms with Gasteiger partial charge in [0.15, 0.2) is 5.82 Å². The number of aryl methyl sites for hydroxylation is 1. The number of rotatable bonds is 4. The van der Waals surface area contributed by atoms with E-state index in [0.29, 0.717) is 73.1 Å². The number of piperazine rings is 1. The summed E-state index contributed by atoms with van der Waals surface area (Å²) < 4.78 is 5.00. The molecule has 154 valence electrons. The van der Waals surface area contributed by atoms with Crippen LogP contribution in [-0.2, 0) is 16.1 Å². The molecule has 4 rings (SSSR count). The molecule has 0 saturated carbocycles. The maximum atomic E-state index is 13.0. The Morgan fingerprint density at radius 2 is 1.93 bits per heavy atom. The minimum absolute atomic E-state index is 0.104. The fourth-order valence-electron chi connectivity index (χ4n) is 3.77. The van der Waals surface area contributed by atoms with E-state index in [4.69, 9.17) is 27.7 Å². The number of hydrogen-bond donors (Lipinski definition) is 0. The molecule has 0 N–H and O–H groups in total. The first-order valence-corrected chi connectivity index (χ1v) is 10.2. The molecule has 0 aliphatic carbocycles. The molecule has 2 amide bonds. The summed E-state index contributed by atoms with van der Waals surface area (Å²) in [7, 11) is 0. The van der Waals surface area contributed by atoms with Crippen LogP contribution in [0.25, 0.3) is 0 Å². The summed E-state index contributed by atoms with van der Waals surface area (Å²) in [4.78, 5) is 35.6. The van der Waals surface area contributed by atoms with E-state index < -0.39 is 5.92 Å². The van der Waals surface area contributed by atoms with Gasteiger partial charge in [-0.3, -0.25) is 14.5 Å². The van der Waals surface area contributed by atoms with Gasteiger partial charge in [-0.1, -0.05) is 28.4 Å². The third-order valence-electron chi connectivity index (χ3n) is 5.34. The van der Waals surface area contributed by atoms with Crippen LogP contribution < -0.4 is 4.90 Å². The van der Waals surface area contributed by atoms with Gasteiger partial charge in [-0.05, 0) is 24.6 Å². The molecule has 3 heterocycles. The number of nitrogens with zero attached hydrogens (tertiary/aromatic N) is 5. The lowest BCUT2D eigenvalue weighted by Gasteiger charge is -2.35. The van der Waals surface area contributed by atoms with Crippen molar-refractivity contribution in [2.24, 2.45) is 5.92 Å². The number of anilines is 1. The number of aromatic nitrogens is 2. The fraction of sp³-hybridized carbons (Fsp3) is 0.474. The van der Waals surface area contributed by atoms with Gasteiger partial charge >= 0.3 is 0 Å². The quantitative estimate of drug-likeness (QED) is 0.682. The second kappa shape index (κ2) is 8.30. The van der Waals surface area contributed by atoms with Crippen molar-refractivity contribution in [1.29, 1.82) is 0 Å². The molecular weight excluding hydrogens is 417 g/mol. The molecule has 1 aromatic carbocycles. The van der Waals surface area contributed by atoms with Crippen LogP contribution in [-0.4, -0.2) is 64.5 Å². The van der Waals surface area contributed by atoms with Crippen LogP contribution in [0, 0.1) is 12.8 Å². The van der Waals surface area contributed by atoms with Crippen LogP contribution in [0.5, 0.6) is 0 Å². The second-order valence-corrected chi connectivity index (χ2v) is 8.08. The molecule has 8 nitrogen and oxygen atoms in total. The average molecular weight is 438 g/mol. The predicted octanol–water partition coefficient (Wildman–Crippen LogP) is 2.38. The van der Waals surface area contributed by atoms with Crippen LogP contribution in [0.15, 0.2) is 22.7 Å². The van der Waals surface area contributed by atoms with Crippen LogP contribution in [0.2, 0.25) is 10.0 Å². The van der Waals surface area contributed by atoms with Crippen molar-refractivity contribution in [1.82, 2.24) is 19.9 Å². The molecule has 2 aliphatic rings. The van der Waals surface area contributed by atoms with Crippen molar-refractivity contribution in [3.05, 3.63) is 40.0 Å². The molecule has 2 aromatic rings. The molecule has 10 heteroatoms. The molecule has 1 atom stereocenters. The monoisotopic (exact) mass is 437 g/mol. The Hall–Kier alpha value is -2.16. The lowest BCUT2D eigenvalue weighted by molar-refractivity contribution is -0.141. The standard InChI is InChI=1S/C19H21Cl2N5O3/c1-12-22-17(23-29-12)11-24-6-8-25(9-7-24)18(27)14-4-5-26(19(14)28)13-2-3-15(20)16(21)10-13/h2-3,10,14H,4-9,11H2,1H3. The zero-order chi connectivity index (χ0) is 20.5. The smallest absolute Gasteiger partial charge is 0.239 e. The van der Waals surface area contributed by atoms with Gasteiger partial charge in [0.05, 0.1) is 16.6 Å². The summed E-state index contributed by atoms with van der Waals surface area (Å²) >= 11 is 12.0. The highest BCUT2D eigenvalue weighted by Gasteiger charge is 2.40. The van der Waals surface area contributed by atoms with Crippen molar-refractivity contribution in [3.63, 3.8) is 0 Å². The SMILES string of the molecule is Cc1nc(CN2CCN(C(=O)C3CCN(c4ccc(Cl)c(Cl)c4)C3=O)CC2)no1. The summed E-state index contributed by atoms with van der Waals surface area (Å²) in [5.74, 6) is 0.257. The van der Waals surface area contributed by atoms with Gasteiger partial charge in [-0.2, -0.15) is 4.98 Å². The number of carbonyl (C=O) groups excluding carboxylic acids is 2. The number of carbonyl (C=O) groups is 2. The predicted molar refractivity (Wildman–Crippen MR) is 108 cm³/mol. The molecule has 0 spiro atoms. The largest absolute Gasteiger partial charge is 0.340 e. The Morgan fingerprint density at radius 3 is 2.59 bits per heavy atom. The summed E-state index contributed by atoms with van der Waals surface area (Å²) in [6.45, 7) is 5.40. The highest BCUT2D eigenvalue weighted by Crippen LogP contribution is 2.31. The van der Waals surface area contributed by atoms with Crippen LogP contribution in [0.4, 0.5) is 5.69 Å². The highest BCUT2D eigenvalue weighted by atomic mass is 35.5. The highest BCUT2D eigenvalue weighted by molar-refractivity contribution is 6.42. The van der Waals surface area contributed by atoms with E-state index in [0.717, 1.165) is 0 Å². The molecule has 2 aliphatic heterocycles. The molecule has 0 bridgehead atoms. The maximum Gasteiger partial charge on any atom is 0.239 e. The maximum absolute atomic E-state index is 13.0. The Balaban J connectivity index is 1.34. The molecular formula is C19H21Cl2N5O3. The first kappa shape index (κ1) is 20.1. The fourth-order valence-corrected chi connectivity index (χ4v) is 4.06. The van der Waals surface area contributed by atoms with Gasteiger partial charge in [-0.15, -0.1) is 0 Å². The minimum atomic E-state index is -0.643. The Kier molecular flexibility index (Phi) is 5.76. The van der Waals surface area contributed by atoms with E-state index in [1.54, 1.807) is 34.9 Å². The average Bonchev–Trinajstić information content (AvgIpc) is 3.29. The topological polar surface area (TPSA) is 82.8 Å². The molecule has 2 fully saturated rings. The van der Waals surface area contributed by atoms with E-state index >= 15 is 0 Å². The van der Waals surface area contributed by atoms with Crippen LogP contribution >= 0.6 is 23.2 Å². The van der Waals surface area contributed by atoms with Crippen molar-refractivity contribution in [3.8, 4) is 0 Å². The van der Waals surface area contributed by atoms with E-state index in [1.165, 1.54) is 0 Å². The Labute approximate surface area is 178 Å². The van der Waals surface area contributed by atoms with Crippen molar-refractivity contribution in [2.75, 3.05) is 37.6 Å². The van der Waals surface area contributed by atoms with E-state index in [2.05, 4.69) is 15.0 Å². The van der Waals surface area contributed by atoms with Gasteiger partial charge in [0.1, 0.15) is 5.92 Å². The number of hydrogen-bond acceptors (Lipinski definition) is 6. The summed E-state index contributed by atoms with van der Waals surface area (Å²) in [6.07, 6.45) is 0.500. The number of amides is 2. The van der Waals surface area contributed by atoms with Gasteiger partial charge in [0, 0.05) is 45.3 Å². The van der Waals surface area contributed by atoms with Gasteiger partial charge in [0.2, 0.25) is 17.7 Å². The van der Waals surface area contributed by atoms with E-state index in [9.17, 15) is 9.59 Å². The normalized spacial score (nSPS) is 20.5. The number of halogens is 2. The molecule has 1 unspecified atom stereocenters. The molecule has 29 heavy (non-hydrogen) atoms. The Bertz CT molecular complexity index is 926. The number of benzene rings is 1. The summed E-state index contributed by atoms with van der Waals surface area (Å²) in [5, 5.41) is 4.73. The van der Waals surface area contributed by atoms with E-state index in [1.807, 2.05) is 0 Å². The second-order valence-electron chi connectivity index (χ2n) is 7.26. The zero-order valence-electron chi connectivity index (χ0n) is 16.0. The molecule has 0 radical (unpaired) electrons. The lowest BCUT2D eigenvalue weighted by Crippen LogP contribution is -2.51.